The van der Waals surface area contributed by atoms with Gasteiger partial charge in [-0.15, -0.1) is 0 Å². The Balaban J connectivity index is 1.64. The van der Waals surface area contributed by atoms with Crippen LogP contribution in [0.2, 0.25) is 0 Å². The van der Waals surface area contributed by atoms with Gasteiger partial charge in [0.2, 0.25) is 0 Å². The van der Waals surface area contributed by atoms with E-state index in [1.165, 1.54) is 0 Å². The minimum atomic E-state index is 0.0660. The molecule has 0 unspecified atom stereocenters. The van der Waals surface area contributed by atoms with E-state index in [4.69, 9.17) is 4.74 Å². The number of aromatic nitrogens is 1. The number of nitrogens with zero attached hydrogens (tertiary/aromatic N) is 3. The molecule has 0 saturated carbocycles. The first-order valence-electron chi connectivity index (χ1n) is 8.96. The molecule has 1 aromatic carbocycles. The van der Waals surface area contributed by atoms with Crippen molar-refractivity contribution >= 4 is 21.8 Å². The van der Waals surface area contributed by atoms with Crippen LogP contribution in [-0.4, -0.2) is 60.1 Å². The zero-order chi connectivity index (χ0) is 18.2. The van der Waals surface area contributed by atoms with Gasteiger partial charge in [0.05, 0.1) is 13.2 Å². The van der Waals surface area contributed by atoms with E-state index >= 15 is 0 Å². The molecule has 1 saturated heterocycles. The lowest BCUT2D eigenvalue weighted by atomic mass is 10.1. The van der Waals surface area contributed by atoms with Crippen molar-refractivity contribution in [2.24, 2.45) is 0 Å². The molecular weight excluding hydrogens is 394 g/mol. The minimum absolute atomic E-state index is 0.0660. The highest BCUT2D eigenvalue weighted by molar-refractivity contribution is 9.10. The fraction of sp³-hybridized carbons (Fsp3) is 0.400. The van der Waals surface area contributed by atoms with Crippen molar-refractivity contribution in [3.05, 3.63) is 64.4 Å². The summed E-state index contributed by atoms with van der Waals surface area (Å²) in [5.41, 5.74) is 1.81. The second kappa shape index (κ2) is 9.80. The number of halogens is 1. The molecule has 0 bridgehead atoms. The number of benzene rings is 1. The second-order valence-corrected chi connectivity index (χ2v) is 7.31. The normalized spacial score (nSPS) is 15.0. The predicted octanol–water partition coefficient (Wildman–Crippen LogP) is 3.21. The van der Waals surface area contributed by atoms with Gasteiger partial charge in [-0.2, -0.15) is 0 Å². The van der Waals surface area contributed by atoms with Gasteiger partial charge in [-0.05, 0) is 48.4 Å². The van der Waals surface area contributed by atoms with Crippen molar-refractivity contribution in [3.63, 3.8) is 0 Å². The molecule has 1 fully saturated rings. The summed E-state index contributed by atoms with van der Waals surface area (Å²) in [5, 5.41) is 0. The van der Waals surface area contributed by atoms with Gasteiger partial charge in [0.1, 0.15) is 0 Å². The summed E-state index contributed by atoms with van der Waals surface area (Å²) in [4.78, 5) is 21.4. The number of hydrogen-bond donors (Lipinski definition) is 0. The summed E-state index contributed by atoms with van der Waals surface area (Å²) in [6.45, 7) is 5.88. The van der Waals surface area contributed by atoms with Gasteiger partial charge in [0, 0.05) is 55.2 Å². The van der Waals surface area contributed by atoms with Crippen molar-refractivity contribution in [2.45, 2.75) is 13.0 Å². The van der Waals surface area contributed by atoms with E-state index in [0.29, 0.717) is 12.1 Å². The standard InChI is InChI=1S/C20H24BrN3O2/c21-19-4-2-18(3-5-19)20(25)24(16-17-6-8-22-9-7-17)11-1-10-23-12-14-26-15-13-23/h2-9H,1,10-16H2. The van der Waals surface area contributed by atoms with Crippen LogP contribution in [0, 0.1) is 0 Å². The van der Waals surface area contributed by atoms with Crippen LogP contribution in [0.5, 0.6) is 0 Å². The van der Waals surface area contributed by atoms with Gasteiger partial charge in [0.15, 0.2) is 0 Å². The molecule has 26 heavy (non-hydrogen) atoms. The molecular formula is C20H24BrN3O2. The van der Waals surface area contributed by atoms with Gasteiger partial charge >= 0.3 is 0 Å². The molecule has 0 aliphatic carbocycles. The summed E-state index contributed by atoms with van der Waals surface area (Å²) in [7, 11) is 0. The first kappa shape index (κ1) is 19.0. The van der Waals surface area contributed by atoms with Gasteiger partial charge in [-0.3, -0.25) is 14.7 Å². The molecule has 5 nitrogen and oxygen atoms in total. The highest BCUT2D eigenvalue weighted by Crippen LogP contribution is 2.15. The lowest BCUT2D eigenvalue weighted by molar-refractivity contribution is 0.0355. The van der Waals surface area contributed by atoms with Gasteiger partial charge in [0.25, 0.3) is 5.91 Å². The number of morpholine rings is 1. The Kier molecular flexibility index (Phi) is 7.17. The van der Waals surface area contributed by atoms with E-state index in [1.807, 2.05) is 41.3 Å². The molecule has 1 aliphatic rings. The van der Waals surface area contributed by atoms with Crippen LogP contribution in [0.3, 0.4) is 0 Å². The third kappa shape index (κ3) is 5.62. The van der Waals surface area contributed by atoms with E-state index in [9.17, 15) is 4.79 Å². The maximum absolute atomic E-state index is 13.0. The number of pyridine rings is 1. The fourth-order valence-corrected chi connectivity index (χ4v) is 3.31. The highest BCUT2D eigenvalue weighted by atomic mass is 79.9. The van der Waals surface area contributed by atoms with Crippen molar-refractivity contribution in [2.75, 3.05) is 39.4 Å². The van der Waals surface area contributed by atoms with E-state index < -0.39 is 0 Å². The molecule has 1 amide bonds. The Bertz CT molecular complexity index is 688. The molecule has 0 atom stereocenters. The molecule has 138 valence electrons. The number of ether oxygens (including phenoxy) is 1. The van der Waals surface area contributed by atoms with Crippen LogP contribution in [0.1, 0.15) is 22.3 Å². The van der Waals surface area contributed by atoms with Crippen LogP contribution in [0.15, 0.2) is 53.3 Å². The van der Waals surface area contributed by atoms with E-state index in [-0.39, 0.29) is 5.91 Å². The third-order valence-corrected chi connectivity index (χ3v) is 5.04. The predicted molar refractivity (Wildman–Crippen MR) is 105 cm³/mol. The van der Waals surface area contributed by atoms with Gasteiger partial charge in [-0.25, -0.2) is 0 Å². The Hall–Kier alpha value is -1.76. The third-order valence-electron chi connectivity index (χ3n) is 4.51. The van der Waals surface area contributed by atoms with Gasteiger partial charge < -0.3 is 9.64 Å². The molecule has 2 aromatic rings. The molecule has 6 heteroatoms. The molecule has 3 rings (SSSR count). The number of rotatable bonds is 7. The first-order valence-corrected chi connectivity index (χ1v) is 9.75. The number of amides is 1. The quantitative estimate of drug-likeness (QED) is 0.693. The average molecular weight is 418 g/mol. The monoisotopic (exact) mass is 417 g/mol. The topological polar surface area (TPSA) is 45.7 Å². The minimum Gasteiger partial charge on any atom is -0.379 e. The van der Waals surface area contributed by atoms with Crippen LogP contribution < -0.4 is 0 Å². The summed E-state index contributed by atoms with van der Waals surface area (Å²) < 4.78 is 6.37. The van der Waals surface area contributed by atoms with Crippen molar-refractivity contribution in [1.29, 1.82) is 0 Å². The Morgan fingerprint density at radius 2 is 1.81 bits per heavy atom. The number of carbonyl (C=O) groups is 1. The Morgan fingerprint density at radius 1 is 1.12 bits per heavy atom. The summed E-state index contributed by atoms with van der Waals surface area (Å²) >= 11 is 3.42. The van der Waals surface area contributed by atoms with Crippen LogP contribution in [0.25, 0.3) is 0 Å². The molecule has 1 aromatic heterocycles. The summed E-state index contributed by atoms with van der Waals surface area (Å²) in [6.07, 6.45) is 4.49. The number of carbonyl (C=O) groups excluding carboxylic acids is 1. The summed E-state index contributed by atoms with van der Waals surface area (Å²) in [5.74, 6) is 0.0660. The second-order valence-electron chi connectivity index (χ2n) is 6.40. The van der Waals surface area contributed by atoms with Crippen molar-refractivity contribution in [1.82, 2.24) is 14.8 Å². The molecule has 0 radical (unpaired) electrons. The van der Waals surface area contributed by atoms with E-state index in [1.54, 1.807) is 12.4 Å². The lowest BCUT2D eigenvalue weighted by Gasteiger charge is -2.28. The lowest BCUT2D eigenvalue weighted by Crippen LogP contribution is -2.39. The highest BCUT2D eigenvalue weighted by Gasteiger charge is 2.17. The zero-order valence-electron chi connectivity index (χ0n) is 14.8. The Labute approximate surface area is 163 Å². The average Bonchev–Trinajstić information content (AvgIpc) is 2.69. The maximum Gasteiger partial charge on any atom is 0.254 e. The van der Waals surface area contributed by atoms with Crippen molar-refractivity contribution in [3.8, 4) is 0 Å². The van der Waals surface area contributed by atoms with Crippen molar-refractivity contribution < 1.29 is 9.53 Å². The van der Waals surface area contributed by atoms with E-state index in [2.05, 4.69) is 25.8 Å². The largest absolute Gasteiger partial charge is 0.379 e. The van der Waals surface area contributed by atoms with Gasteiger partial charge in [-0.1, -0.05) is 15.9 Å². The molecule has 1 aliphatic heterocycles. The smallest absolute Gasteiger partial charge is 0.254 e. The first-order chi connectivity index (χ1) is 12.7. The fourth-order valence-electron chi connectivity index (χ4n) is 3.05. The van der Waals surface area contributed by atoms with Crippen LogP contribution >= 0.6 is 15.9 Å². The zero-order valence-corrected chi connectivity index (χ0v) is 16.4. The molecule has 0 spiro atoms. The number of hydrogen-bond acceptors (Lipinski definition) is 4. The molecule has 2 heterocycles. The summed E-state index contributed by atoms with van der Waals surface area (Å²) in [6, 6.07) is 11.5. The van der Waals surface area contributed by atoms with E-state index in [0.717, 1.165) is 55.8 Å². The van der Waals surface area contributed by atoms with Crippen LogP contribution in [-0.2, 0) is 11.3 Å². The Morgan fingerprint density at radius 3 is 2.50 bits per heavy atom. The SMILES string of the molecule is O=C(c1ccc(Br)cc1)N(CCCN1CCOCC1)Cc1ccncc1. The van der Waals surface area contributed by atoms with Crippen LogP contribution in [0.4, 0.5) is 0 Å². The molecule has 0 N–H and O–H groups in total. The maximum atomic E-state index is 13.0.